The fourth-order valence-corrected chi connectivity index (χ4v) is 3.98. The topological polar surface area (TPSA) is 62.3 Å². The minimum absolute atomic E-state index is 0.0174. The number of para-hydroxylation sites is 1. The van der Waals surface area contributed by atoms with E-state index in [1.54, 1.807) is 12.1 Å². The molecule has 0 aliphatic carbocycles. The lowest BCUT2D eigenvalue weighted by atomic mass is 10.1. The summed E-state index contributed by atoms with van der Waals surface area (Å²) < 4.78 is 28.4. The second-order valence-electron chi connectivity index (χ2n) is 6.12. The summed E-state index contributed by atoms with van der Waals surface area (Å²) >= 11 is 0. The highest BCUT2D eigenvalue weighted by atomic mass is 32.2. The molecule has 6 heteroatoms. The van der Waals surface area contributed by atoms with Gasteiger partial charge in [-0.2, -0.15) is 8.42 Å². The zero-order valence-corrected chi connectivity index (χ0v) is 16.0. The van der Waals surface area contributed by atoms with E-state index in [0.29, 0.717) is 11.2 Å². The molecule has 0 aliphatic heterocycles. The second kappa shape index (κ2) is 7.33. The molecule has 2 aromatic carbocycles. The highest BCUT2D eigenvalue weighted by Crippen LogP contribution is 2.26. The van der Waals surface area contributed by atoms with E-state index in [9.17, 15) is 8.42 Å². The number of anilines is 2. The van der Waals surface area contributed by atoms with Crippen molar-refractivity contribution >= 4 is 32.3 Å². The number of fused-ring (bicyclic) bond motifs is 1. The summed E-state index contributed by atoms with van der Waals surface area (Å²) in [6.45, 7) is 7.76. The first-order chi connectivity index (χ1) is 12.4. The summed E-state index contributed by atoms with van der Waals surface area (Å²) in [5, 5.41) is 0.926. The van der Waals surface area contributed by atoms with Gasteiger partial charge in [0.15, 0.2) is 5.03 Å². The highest BCUT2D eigenvalue weighted by Gasteiger charge is 2.18. The van der Waals surface area contributed by atoms with E-state index < -0.39 is 10.0 Å². The number of aryl methyl sites for hydroxylation is 1. The lowest BCUT2D eigenvalue weighted by molar-refractivity contribution is 0.598. The molecule has 3 aromatic rings. The van der Waals surface area contributed by atoms with Gasteiger partial charge in [-0.05, 0) is 56.7 Å². The van der Waals surface area contributed by atoms with Gasteiger partial charge in [-0.3, -0.25) is 4.72 Å². The number of hydrogen-bond donors (Lipinski definition) is 1. The molecule has 5 nitrogen and oxygen atoms in total. The van der Waals surface area contributed by atoms with Crippen LogP contribution < -0.4 is 9.62 Å². The van der Waals surface area contributed by atoms with Crippen LogP contribution in [0, 0.1) is 6.92 Å². The number of nitrogens with one attached hydrogen (secondary N) is 1. The van der Waals surface area contributed by atoms with Crippen LogP contribution in [0.4, 0.5) is 11.4 Å². The molecule has 1 aromatic heterocycles. The average Bonchev–Trinajstić information content (AvgIpc) is 2.64. The Kier molecular flexibility index (Phi) is 5.13. The largest absolute Gasteiger partial charge is 0.372 e. The van der Waals surface area contributed by atoms with Crippen molar-refractivity contribution in [3.8, 4) is 0 Å². The van der Waals surface area contributed by atoms with Crippen molar-refractivity contribution in [2.24, 2.45) is 0 Å². The van der Waals surface area contributed by atoms with E-state index in [1.807, 2.05) is 43.3 Å². The van der Waals surface area contributed by atoms with Gasteiger partial charge < -0.3 is 4.90 Å². The maximum Gasteiger partial charge on any atom is 0.279 e. The van der Waals surface area contributed by atoms with Crippen LogP contribution in [0.1, 0.15) is 19.4 Å². The zero-order chi connectivity index (χ0) is 18.7. The van der Waals surface area contributed by atoms with Crippen LogP contribution in [-0.2, 0) is 10.0 Å². The Morgan fingerprint density at radius 2 is 1.73 bits per heavy atom. The molecule has 0 unspecified atom stereocenters. The first-order valence-corrected chi connectivity index (χ1v) is 10.2. The van der Waals surface area contributed by atoms with Gasteiger partial charge in [-0.25, -0.2) is 4.98 Å². The quantitative estimate of drug-likeness (QED) is 0.708. The number of benzene rings is 2. The summed E-state index contributed by atoms with van der Waals surface area (Å²) in [5.41, 5.74) is 3.09. The Labute approximate surface area is 154 Å². The van der Waals surface area contributed by atoms with Gasteiger partial charge >= 0.3 is 0 Å². The monoisotopic (exact) mass is 369 g/mol. The van der Waals surface area contributed by atoms with Gasteiger partial charge in [-0.15, -0.1) is 0 Å². The molecule has 0 aliphatic rings. The highest BCUT2D eigenvalue weighted by molar-refractivity contribution is 7.92. The summed E-state index contributed by atoms with van der Waals surface area (Å²) in [6.07, 6.45) is 0. The Balaban J connectivity index is 1.97. The molecule has 136 valence electrons. The van der Waals surface area contributed by atoms with Crippen molar-refractivity contribution in [2.75, 3.05) is 22.7 Å². The first-order valence-electron chi connectivity index (χ1n) is 8.69. The molecule has 1 heterocycles. The molecule has 0 saturated carbocycles. The zero-order valence-electron chi connectivity index (χ0n) is 15.2. The Bertz CT molecular complexity index is 1030. The number of rotatable bonds is 6. The standard InChI is InChI=1S/C20H23N3O2S/c1-4-23(5-2)17-12-10-15(3)19(14-17)22-26(24,25)20-13-11-16-8-6-7-9-18(16)21-20/h6-14,22H,4-5H2,1-3H3. The molecule has 0 spiro atoms. The van der Waals surface area contributed by atoms with Crippen LogP contribution in [0.3, 0.4) is 0 Å². The molecule has 3 rings (SSSR count). The number of nitrogens with zero attached hydrogens (tertiary/aromatic N) is 2. The number of aromatic nitrogens is 1. The van der Waals surface area contributed by atoms with E-state index in [0.717, 1.165) is 29.7 Å². The van der Waals surface area contributed by atoms with Crippen molar-refractivity contribution in [3.05, 3.63) is 60.2 Å². The van der Waals surface area contributed by atoms with Crippen LogP contribution in [0.5, 0.6) is 0 Å². The Hall–Kier alpha value is -2.60. The Morgan fingerprint density at radius 1 is 1.00 bits per heavy atom. The molecular weight excluding hydrogens is 346 g/mol. The molecule has 26 heavy (non-hydrogen) atoms. The summed E-state index contributed by atoms with van der Waals surface area (Å²) in [6, 6.07) is 16.6. The fourth-order valence-electron chi connectivity index (χ4n) is 2.90. The van der Waals surface area contributed by atoms with E-state index in [4.69, 9.17) is 0 Å². The predicted octanol–water partition coefficient (Wildman–Crippen LogP) is 4.19. The first kappa shape index (κ1) is 18.2. The van der Waals surface area contributed by atoms with Gasteiger partial charge in [-0.1, -0.05) is 24.3 Å². The van der Waals surface area contributed by atoms with Crippen LogP contribution >= 0.6 is 0 Å². The third kappa shape index (κ3) is 3.65. The lowest BCUT2D eigenvalue weighted by Crippen LogP contribution is -2.22. The van der Waals surface area contributed by atoms with Gasteiger partial charge in [0.1, 0.15) is 0 Å². The molecule has 0 radical (unpaired) electrons. The van der Waals surface area contributed by atoms with Crippen molar-refractivity contribution in [2.45, 2.75) is 25.8 Å². The second-order valence-corrected chi connectivity index (χ2v) is 7.75. The molecule has 0 bridgehead atoms. The number of sulfonamides is 1. The van der Waals surface area contributed by atoms with Gasteiger partial charge in [0.2, 0.25) is 0 Å². The van der Waals surface area contributed by atoms with Crippen LogP contribution in [0.15, 0.2) is 59.6 Å². The minimum atomic E-state index is -3.76. The van der Waals surface area contributed by atoms with E-state index >= 15 is 0 Å². The summed E-state index contributed by atoms with van der Waals surface area (Å²) in [7, 11) is -3.76. The van der Waals surface area contributed by atoms with E-state index in [1.165, 1.54) is 6.07 Å². The van der Waals surface area contributed by atoms with E-state index in [-0.39, 0.29) is 5.03 Å². The molecular formula is C20H23N3O2S. The maximum atomic E-state index is 12.8. The summed E-state index contributed by atoms with van der Waals surface area (Å²) in [5.74, 6) is 0. The normalized spacial score (nSPS) is 11.5. The third-order valence-electron chi connectivity index (χ3n) is 4.44. The molecule has 0 fully saturated rings. The number of hydrogen-bond acceptors (Lipinski definition) is 4. The van der Waals surface area contributed by atoms with Gasteiger partial charge in [0.25, 0.3) is 10.0 Å². The molecule has 0 saturated heterocycles. The summed E-state index contributed by atoms with van der Waals surface area (Å²) in [4.78, 5) is 6.47. The smallest absolute Gasteiger partial charge is 0.279 e. The molecule has 0 amide bonds. The van der Waals surface area contributed by atoms with Gasteiger partial charge in [0.05, 0.1) is 11.2 Å². The van der Waals surface area contributed by atoms with Crippen molar-refractivity contribution < 1.29 is 8.42 Å². The Morgan fingerprint density at radius 3 is 2.46 bits per heavy atom. The predicted molar refractivity (Wildman–Crippen MR) is 107 cm³/mol. The van der Waals surface area contributed by atoms with Crippen LogP contribution in [-0.4, -0.2) is 26.5 Å². The molecule has 0 atom stereocenters. The average molecular weight is 369 g/mol. The van der Waals surface area contributed by atoms with Crippen LogP contribution in [0.25, 0.3) is 10.9 Å². The lowest BCUT2D eigenvalue weighted by Gasteiger charge is -2.22. The van der Waals surface area contributed by atoms with Crippen molar-refractivity contribution in [1.82, 2.24) is 4.98 Å². The van der Waals surface area contributed by atoms with E-state index in [2.05, 4.69) is 28.5 Å². The van der Waals surface area contributed by atoms with Gasteiger partial charge in [0, 0.05) is 24.2 Å². The van der Waals surface area contributed by atoms with Crippen LogP contribution in [0.2, 0.25) is 0 Å². The van der Waals surface area contributed by atoms with Crippen molar-refractivity contribution in [3.63, 3.8) is 0 Å². The third-order valence-corrected chi connectivity index (χ3v) is 5.71. The maximum absolute atomic E-state index is 12.8. The fraction of sp³-hybridized carbons (Fsp3) is 0.250. The number of pyridine rings is 1. The SMILES string of the molecule is CCN(CC)c1ccc(C)c(NS(=O)(=O)c2ccc3ccccc3n2)c1. The van der Waals surface area contributed by atoms with Crippen molar-refractivity contribution in [1.29, 1.82) is 0 Å². The minimum Gasteiger partial charge on any atom is -0.372 e. The molecule has 1 N–H and O–H groups in total.